The number of carbonyl (C=O) groups is 2. The molecule has 1 aromatic heterocycles. The first-order valence-corrected chi connectivity index (χ1v) is 9.58. The summed E-state index contributed by atoms with van der Waals surface area (Å²) in [4.78, 5) is 30.5. The van der Waals surface area contributed by atoms with Crippen LogP contribution in [0, 0.1) is 11.7 Å². The fourth-order valence-electron chi connectivity index (χ4n) is 3.29. The zero-order valence-electron chi connectivity index (χ0n) is 14.9. The Labute approximate surface area is 155 Å². The van der Waals surface area contributed by atoms with Crippen molar-refractivity contribution in [3.05, 3.63) is 29.0 Å². The van der Waals surface area contributed by atoms with Gasteiger partial charge in [-0.2, -0.15) is 0 Å². The Kier molecular flexibility index (Phi) is 5.52. The van der Waals surface area contributed by atoms with E-state index in [-0.39, 0.29) is 23.7 Å². The second-order valence-corrected chi connectivity index (χ2v) is 7.88. The Hall–Kier alpha value is -2.06. The second kappa shape index (κ2) is 7.67. The fourth-order valence-corrected chi connectivity index (χ4v) is 4.18. The molecule has 1 aromatic carbocycles. The lowest BCUT2D eigenvalue weighted by atomic mass is 9.90. The summed E-state index contributed by atoms with van der Waals surface area (Å²) < 4.78 is 13.9. The highest BCUT2D eigenvalue weighted by molar-refractivity contribution is 7.20. The maximum Gasteiger partial charge on any atom is 0.280 e. The van der Waals surface area contributed by atoms with E-state index in [1.165, 1.54) is 23.5 Å². The number of hydrogen-bond donors (Lipinski definition) is 2. The Bertz CT molecular complexity index is 815. The highest BCUT2D eigenvalue weighted by atomic mass is 32.1. The first kappa shape index (κ1) is 18.7. The molecule has 2 aromatic rings. The van der Waals surface area contributed by atoms with E-state index in [0.29, 0.717) is 34.2 Å². The highest BCUT2D eigenvalue weighted by Crippen LogP contribution is 2.24. The van der Waals surface area contributed by atoms with Crippen molar-refractivity contribution >= 4 is 33.4 Å². The molecule has 0 spiro atoms. The zero-order valence-corrected chi connectivity index (χ0v) is 15.7. The van der Waals surface area contributed by atoms with Gasteiger partial charge in [0.25, 0.3) is 5.91 Å². The first-order chi connectivity index (χ1) is 12.3. The molecule has 2 amide bonds. The van der Waals surface area contributed by atoms with E-state index in [2.05, 4.69) is 10.3 Å². The molecule has 2 heterocycles. The molecule has 0 radical (unpaired) electrons. The number of amides is 2. The zero-order chi connectivity index (χ0) is 18.8. The number of piperidine rings is 1. The maximum absolute atomic E-state index is 13.3. The number of nitrogens with two attached hydrogens (primary N) is 1. The quantitative estimate of drug-likeness (QED) is 0.853. The van der Waals surface area contributed by atoms with Crippen molar-refractivity contribution in [2.45, 2.75) is 38.8 Å². The predicted octanol–water partition coefficient (Wildman–Crippen LogP) is 2.14. The van der Waals surface area contributed by atoms with Crippen LogP contribution in [0.25, 0.3) is 10.2 Å². The van der Waals surface area contributed by atoms with Gasteiger partial charge in [-0.3, -0.25) is 9.59 Å². The van der Waals surface area contributed by atoms with Gasteiger partial charge in [-0.15, -0.1) is 11.3 Å². The highest BCUT2D eigenvalue weighted by Gasteiger charge is 2.28. The van der Waals surface area contributed by atoms with Crippen LogP contribution in [0.3, 0.4) is 0 Å². The van der Waals surface area contributed by atoms with Crippen LogP contribution in [-0.2, 0) is 4.79 Å². The van der Waals surface area contributed by atoms with Crippen molar-refractivity contribution in [1.82, 2.24) is 15.2 Å². The van der Waals surface area contributed by atoms with Crippen LogP contribution in [0.1, 0.15) is 36.5 Å². The van der Waals surface area contributed by atoms with E-state index < -0.39 is 6.04 Å². The van der Waals surface area contributed by atoms with E-state index in [4.69, 9.17) is 5.73 Å². The lowest BCUT2D eigenvalue weighted by molar-refractivity contribution is -0.133. The fraction of sp³-hybridized carbons (Fsp3) is 0.500. The molecule has 0 bridgehead atoms. The molecule has 8 heteroatoms. The van der Waals surface area contributed by atoms with Crippen LogP contribution in [0.15, 0.2) is 18.2 Å². The first-order valence-electron chi connectivity index (χ1n) is 8.76. The average Bonchev–Trinajstić information content (AvgIpc) is 3.04. The molecule has 3 rings (SSSR count). The molecule has 1 aliphatic rings. The van der Waals surface area contributed by atoms with E-state index in [9.17, 15) is 14.0 Å². The summed E-state index contributed by atoms with van der Waals surface area (Å²) in [5.41, 5.74) is 6.28. The average molecular weight is 378 g/mol. The predicted molar refractivity (Wildman–Crippen MR) is 99.5 cm³/mol. The van der Waals surface area contributed by atoms with Gasteiger partial charge in [0.1, 0.15) is 5.82 Å². The number of nitrogens with zero attached hydrogens (tertiary/aromatic N) is 2. The van der Waals surface area contributed by atoms with Gasteiger partial charge in [0.15, 0.2) is 5.01 Å². The van der Waals surface area contributed by atoms with E-state index >= 15 is 0 Å². The summed E-state index contributed by atoms with van der Waals surface area (Å²) in [6.07, 6.45) is 1.65. The summed E-state index contributed by atoms with van der Waals surface area (Å²) in [6.45, 7) is 4.98. The van der Waals surface area contributed by atoms with Crippen molar-refractivity contribution in [2.75, 3.05) is 13.1 Å². The molecule has 1 fully saturated rings. The summed E-state index contributed by atoms with van der Waals surface area (Å²) in [6, 6.07) is 3.79. The minimum absolute atomic E-state index is 0.0261. The molecule has 3 N–H and O–H groups in total. The van der Waals surface area contributed by atoms with Crippen molar-refractivity contribution in [3.63, 3.8) is 0 Å². The van der Waals surface area contributed by atoms with Gasteiger partial charge in [-0.05, 0) is 50.8 Å². The van der Waals surface area contributed by atoms with E-state index in [1.807, 2.05) is 6.92 Å². The summed E-state index contributed by atoms with van der Waals surface area (Å²) >= 11 is 1.19. The van der Waals surface area contributed by atoms with E-state index in [1.54, 1.807) is 17.9 Å². The molecule has 0 saturated carbocycles. The van der Waals surface area contributed by atoms with E-state index in [0.717, 1.165) is 12.8 Å². The van der Waals surface area contributed by atoms with Crippen LogP contribution in [-0.4, -0.2) is 46.9 Å². The number of fused-ring (bicyclic) bond motifs is 1. The van der Waals surface area contributed by atoms with Crippen LogP contribution < -0.4 is 11.1 Å². The Morgan fingerprint density at radius 1 is 1.35 bits per heavy atom. The van der Waals surface area contributed by atoms with Crippen molar-refractivity contribution in [2.24, 2.45) is 11.7 Å². The van der Waals surface area contributed by atoms with Gasteiger partial charge >= 0.3 is 0 Å². The molecular weight excluding hydrogens is 355 g/mol. The number of rotatable bonds is 4. The van der Waals surface area contributed by atoms with Crippen LogP contribution in [0.4, 0.5) is 4.39 Å². The molecule has 1 unspecified atom stereocenters. The molecule has 1 saturated heterocycles. The largest absolute Gasteiger partial charge is 0.347 e. The third-order valence-electron chi connectivity index (χ3n) is 4.85. The number of carbonyl (C=O) groups excluding carboxylic acids is 2. The van der Waals surface area contributed by atoms with Crippen molar-refractivity contribution < 1.29 is 14.0 Å². The number of benzene rings is 1. The summed E-state index contributed by atoms with van der Waals surface area (Å²) in [7, 11) is 0. The minimum Gasteiger partial charge on any atom is -0.347 e. The second-order valence-electron chi connectivity index (χ2n) is 6.84. The van der Waals surface area contributed by atoms with Crippen LogP contribution in [0.2, 0.25) is 0 Å². The molecule has 6 nitrogen and oxygen atoms in total. The van der Waals surface area contributed by atoms with Crippen LogP contribution >= 0.6 is 11.3 Å². The van der Waals surface area contributed by atoms with Gasteiger partial charge in [-0.1, -0.05) is 0 Å². The molecule has 26 heavy (non-hydrogen) atoms. The minimum atomic E-state index is -0.479. The number of likely N-dealkylation sites (tertiary alicyclic amines) is 1. The number of aromatic nitrogens is 1. The van der Waals surface area contributed by atoms with Gasteiger partial charge < -0.3 is 16.0 Å². The third-order valence-corrected chi connectivity index (χ3v) is 5.87. The summed E-state index contributed by atoms with van der Waals surface area (Å²) in [5, 5.41) is 3.33. The summed E-state index contributed by atoms with van der Waals surface area (Å²) in [5.74, 6) is -0.312. The molecule has 140 valence electrons. The van der Waals surface area contributed by atoms with Gasteiger partial charge in [0.2, 0.25) is 5.91 Å². The lowest BCUT2D eigenvalue weighted by Gasteiger charge is -2.35. The lowest BCUT2D eigenvalue weighted by Crippen LogP contribution is -2.49. The number of nitrogens with one attached hydrogen (secondary N) is 1. The SMILES string of the molecule is CC(NC(=O)c1nc2ccc(F)cc2s1)C1CCN(C(=O)[C@H](C)N)CC1. The normalized spacial score (nSPS) is 17.9. The van der Waals surface area contributed by atoms with Gasteiger partial charge in [0.05, 0.1) is 16.3 Å². The molecular formula is C18H23FN4O2S. The Morgan fingerprint density at radius 3 is 2.69 bits per heavy atom. The van der Waals surface area contributed by atoms with Crippen LogP contribution in [0.5, 0.6) is 0 Å². The topological polar surface area (TPSA) is 88.3 Å². The smallest absolute Gasteiger partial charge is 0.280 e. The van der Waals surface area contributed by atoms with Gasteiger partial charge in [0, 0.05) is 19.1 Å². The Morgan fingerprint density at radius 2 is 2.04 bits per heavy atom. The molecule has 0 aliphatic carbocycles. The molecule has 1 aliphatic heterocycles. The van der Waals surface area contributed by atoms with Crippen molar-refractivity contribution in [1.29, 1.82) is 0 Å². The van der Waals surface area contributed by atoms with Gasteiger partial charge in [-0.25, -0.2) is 9.37 Å². The standard InChI is InChI=1S/C18H23FN4O2S/c1-10(20)18(25)23-7-5-12(6-8-23)11(2)21-16(24)17-22-14-4-3-13(19)9-15(14)26-17/h3-4,9-12H,5-8,20H2,1-2H3,(H,21,24)/t10-,11?/m0/s1. The maximum atomic E-state index is 13.3. The van der Waals surface area contributed by atoms with Crippen molar-refractivity contribution in [3.8, 4) is 0 Å². The Balaban J connectivity index is 1.58. The number of hydrogen-bond acceptors (Lipinski definition) is 5. The number of halogens is 1. The molecule has 2 atom stereocenters. The number of thiazole rings is 1. The monoisotopic (exact) mass is 378 g/mol. The third kappa shape index (κ3) is 4.02.